The molecule has 1 atom stereocenters. The van der Waals surface area contributed by atoms with Crippen molar-refractivity contribution < 1.29 is 19.5 Å². The lowest BCUT2D eigenvalue weighted by Crippen LogP contribution is -2.42. The third kappa shape index (κ3) is 3.49. The number of ketones is 1. The van der Waals surface area contributed by atoms with E-state index in [4.69, 9.17) is 9.94 Å². The van der Waals surface area contributed by atoms with E-state index in [1.54, 1.807) is 24.3 Å². The van der Waals surface area contributed by atoms with Crippen molar-refractivity contribution in [3.63, 3.8) is 0 Å². The van der Waals surface area contributed by atoms with Crippen LogP contribution in [0.2, 0.25) is 0 Å². The summed E-state index contributed by atoms with van der Waals surface area (Å²) in [4.78, 5) is 26.0. The van der Waals surface area contributed by atoms with Gasteiger partial charge in [0.1, 0.15) is 11.4 Å². The molecule has 6 nitrogen and oxygen atoms in total. The first-order valence-electron chi connectivity index (χ1n) is 8.18. The predicted molar refractivity (Wildman–Crippen MR) is 89.1 cm³/mol. The zero-order chi connectivity index (χ0) is 17.2. The summed E-state index contributed by atoms with van der Waals surface area (Å²) >= 11 is 0. The molecule has 6 heteroatoms. The number of nitrogens with one attached hydrogen (secondary N) is 1. The van der Waals surface area contributed by atoms with E-state index in [-0.39, 0.29) is 11.4 Å². The van der Waals surface area contributed by atoms with Gasteiger partial charge >= 0.3 is 0 Å². The van der Waals surface area contributed by atoms with Gasteiger partial charge in [0.2, 0.25) is 0 Å². The number of hydrogen-bond donors (Lipinski definition) is 2. The molecule has 0 radical (unpaired) electrons. The largest absolute Gasteiger partial charge is 0.486 e. The van der Waals surface area contributed by atoms with Crippen molar-refractivity contribution in [3.8, 4) is 5.75 Å². The minimum atomic E-state index is -0.614. The maximum absolute atomic E-state index is 12.7. The predicted octanol–water partition coefficient (Wildman–Crippen LogP) is 2.02. The Morgan fingerprint density at radius 2 is 2.21 bits per heavy atom. The Balaban J connectivity index is 1.83. The van der Waals surface area contributed by atoms with Gasteiger partial charge in [-0.3, -0.25) is 14.8 Å². The van der Waals surface area contributed by atoms with Crippen LogP contribution in [0, 0.1) is 0 Å². The summed E-state index contributed by atoms with van der Waals surface area (Å²) < 4.78 is 6.27. The summed E-state index contributed by atoms with van der Waals surface area (Å²) in [5, 5.41) is 8.50. The standard InChI is InChI=1S/C18H22N2O4/c1-20-9-2-7-18(8-10-20)12-15(21)14-11-13(3-5-16(14)24-18)4-6-17(22)19-23/h3-6,11,23H,2,7-10,12H2,1H3,(H,19,22). The lowest BCUT2D eigenvalue weighted by Gasteiger charge is -2.37. The molecule has 2 aliphatic rings. The van der Waals surface area contributed by atoms with Gasteiger partial charge in [0.05, 0.1) is 12.0 Å². The van der Waals surface area contributed by atoms with Gasteiger partial charge in [0, 0.05) is 19.0 Å². The molecule has 2 N–H and O–H groups in total. The molecular weight excluding hydrogens is 308 g/mol. The van der Waals surface area contributed by atoms with E-state index >= 15 is 0 Å². The smallest absolute Gasteiger partial charge is 0.267 e. The second kappa shape index (κ2) is 6.75. The topological polar surface area (TPSA) is 78.9 Å². The molecule has 1 aromatic carbocycles. The molecule has 24 heavy (non-hydrogen) atoms. The van der Waals surface area contributed by atoms with Crippen molar-refractivity contribution in [2.75, 3.05) is 20.1 Å². The molecule has 3 rings (SSSR count). The number of amides is 1. The van der Waals surface area contributed by atoms with E-state index < -0.39 is 5.91 Å². The third-order valence-corrected chi connectivity index (χ3v) is 4.77. The maximum atomic E-state index is 12.7. The second-order valence-electron chi connectivity index (χ2n) is 6.61. The fraction of sp³-hybridized carbons (Fsp3) is 0.444. The van der Waals surface area contributed by atoms with Crippen LogP contribution in [-0.2, 0) is 4.79 Å². The van der Waals surface area contributed by atoms with E-state index in [2.05, 4.69) is 11.9 Å². The molecule has 1 saturated heterocycles. The summed E-state index contributed by atoms with van der Waals surface area (Å²) in [7, 11) is 2.10. The first kappa shape index (κ1) is 16.7. The number of ether oxygens (including phenoxy) is 1. The number of carbonyl (C=O) groups excluding carboxylic acids is 2. The Kier molecular flexibility index (Phi) is 4.69. The minimum Gasteiger partial charge on any atom is -0.486 e. The van der Waals surface area contributed by atoms with Gasteiger partial charge in [-0.05, 0) is 50.2 Å². The molecule has 2 aliphatic heterocycles. The summed E-state index contributed by atoms with van der Waals surface area (Å²) in [5.74, 6) is 0.0963. The van der Waals surface area contributed by atoms with Crippen LogP contribution in [0.4, 0.5) is 0 Å². The number of nitrogens with zero attached hydrogens (tertiary/aromatic N) is 1. The molecule has 0 aliphatic carbocycles. The normalized spacial score (nSPS) is 24.5. The zero-order valence-corrected chi connectivity index (χ0v) is 13.7. The summed E-state index contributed by atoms with van der Waals surface area (Å²) in [6, 6.07) is 5.32. The van der Waals surface area contributed by atoms with Crippen LogP contribution in [-0.4, -0.2) is 47.5 Å². The van der Waals surface area contributed by atoms with Crippen molar-refractivity contribution >= 4 is 17.8 Å². The molecule has 2 heterocycles. The summed E-state index contributed by atoms with van der Waals surface area (Å²) in [6.07, 6.45) is 5.92. The number of hydroxylamine groups is 1. The van der Waals surface area contributed by atoms with Crippen molar-refractivity contribution in [1.29, 1.82) is 0 Å². The molecule has 0 bridgehead atoms. The molecule has 1 unspecified atom stereocenters. The quantitative estimate of drug-likeness (QED) is 0.493. The van der Waals surface area contributed by atoms with Crippen LogP contribution in [0.25, 0.3) is 6.08 Å². The Labute approximate surface area is 141 Å². The number of likely N-dealkylation sites (tertiary alicyclic amines) is 1. The van der Waals surface area contributed by atoms with Gasteiger partial charge in [-0.15, -0.1) is 0 Å². The van der Waals surface area contributed by atoms with E-state index in [1.807, 2.05) is 0 Å². The lowest BCUT2D eigenvalue weighted by atomic mass is 9.84. The Morgan fingerprint density at radius 1 is 1.38 bits per heavy atom. The van der Waals surface area contributed by atoms with Crippen molar-refractivity contribution in [3.05, 3.63) is 35.4 Å². The molecule has 0 saturated carbocycles. The van der Waals surface area contributed by atoms with E-state index in [0.717, 1.165) is 32.4 Å². The van der Waals surface area contributed by atoms with Crippen LogP contribution < -0.4 is 10.2 Å². The fourth-order valence-electron chi connectivity index (χ4n) is 3.41. The molecule has 1 spiro atoms. The third-order valence-electron chi connectivity index (χ3n) is 4.77. The number of fused-ring (bicyclic) bond motifs is 1. The van der Waals surface area contributed by atoms with Gasteiger partial charge in [0.15, 0.2) is 5.78 Å². The van der Waals surface area contributed by atoms with Crippen molar-refractivity contribution in [1.82, 2.24) is 10.4 Å². The second-order valence-corrected chi connectivity index (χ2v) is 6.61. The molecule has 1 fully saturated rings. The Bertz CT molecular complexity index is 686. The highest BCUT2D eigenvalue weighted by molar-refractivity contribution is 6.01. The highest BCUT2D eigenvalue weighted by Crippen LogP contribution is 2.39. The highest BCUT2D eigenvalue weighted by Gasteiger charge is 2.41. The molecule has 1 amide bonds. The summed E-state index contributed by atoms with van der Waals surface area (Å²) in [6.45, 7) is 1.96. The van der Waals surface area contributed by atoms with Gasteiger partial charge in [-0.2, -0.15) is 0 Å². The first-order chi connectivity index (χ1) is 11.5. The first-order valence-corrected chi connectivity index (χ1v) is 8.18. The van der Waals surface area contributed by atoms with E-state index in [9.17, 15) is 9.59 Å². The van der Waals surface area contributed by atoms with Crippen LogP contribution in [0.5, 0.6) is 5.75 Å². The van der Waals surface area contributed by atoms with E-state index in [1.165, 1.54) is 11.6 Å². The molecule has 1 aromatic rings. The van der Waals surface area contributed by atoms with Crippen molar-refractivity contribution in [2.24, 2.45) is 0 Å². The Hall–Kier alpha value is -2.18. The van der Waals surface area contributed by atoms with E-state index in [0.29, 0.717) is 23.3 Å². The molecular formula is C18H22N2O4. The van der Waals surface area contributed by atoms with Gasteiger partial charge in [-0.1, -0.05) is 6.07 Å². The molecule has 0 aromatic heterocycles. The highest BCUT2D eigenvalue weighted by atomic mass is 16.5. The minimum absolute atomic E-state index is 0.0858. The zero-order valence-electron chi connectivity index (χ0n) is 13.7. The average Bonchev–Trinajstić information content (AvgIpc) is 2.75. The number of carbonyl (C=O) groups is 2. The van der Waals surface area contributed by atoms with Crippen LogP contribution in [0.1, 0.15) is 41.6 Å². The number of hydrogen-bond acceptors (Lipinski definition) is 5. The van der Waals surface area contributed by atoms with Gasteiger partial charge in [0.25, 0.3) is 5.91 Å². The molecule has 128 valence electrons. The van der Waals surface area contributed by atoms with Crippen LogP contribution in [0.3, 0.4) is 0 Å². The number of benzene rings is 1. The number of rotatable bonds is 2. The van der Waals surface area contributed by atoms with Crippen molar-refractivity contribution in [2.45, 2.75) is 31.3 Å². The number of Topliss-reactive ketones (excluding diaryl/α,β-unsaturated/α-hetero) is 1. The monoisotopic (exact) mass is 330 g/mol. The lowest BCUT2D eigenvalue weighted by molar-refractivity contribution is -0.124. The van der Waals surface area contributed by atoms with Crippen LogP contribution in [0.15, 0.2) is 24.3 Å². The summed E-state index contributed by atoms with van der Waals surface area (Å²) in [5.41, 5.74) is 2.42. The van der Waals surface area contributed by atoms with Crippen LogP contribution >= 0.6 is 0 Å². The fourth-order valence-corrected chi connectivity index (χ4v) is 3.41. The SMILES string of the molecule is CN1CCCC2(CC1)CC(=O)c1cc(C=CC(=O)NO)ccc1O2. The maximum Gasteiger partial charge on any atom is 0.267 e. The Morgan fingerprint density at radius 3 is 3.00 bits per heavy atom. The van der Waals surface area contributed by atoms with Gasteiger partial charge in [-0.25, -0.2) is 5.48 Å². The van der Waals surface area contributed by atoms with Gasteiger partial charge < -0.3 is 9.64 Å². The average molecular weight is 330 g/mol.